The van der Waals surface area contributed by atoms with Gasteiger partial charge in [0.2, 0.25) is 0 Å². The van der Waals surface area contributed by atoms with Crippen LogP contribution in [0.25, 0.3) is 10.8 Å². The highest BCUT2D eigenvalue weighted by Crippen LogP contribution is 2.23. The predicted octanol–water partition coefficient (Wildman–Crippen LogP) is 2.89. The van der Waals surface area contributed by atoms with Crippen LogP contribution >= 0.6 is 24.0 Å². The highest BCUT2D eigenvalue weighted by Gasteiger charge is 2.19. The molecule has 0 aliphatic carbocycles. The maximum atomic E-state index is 11.3. The van der Waals surface area contributed by atoms with Crippen molar-refractivity contribution in [3.63, 3.8) is 0 Å². The van der Waals surface area contributed by atoms with Crippen molar-refractivity contribution in [3.8, 4) is 0 Å². The molecule has 0 saturated carbocycles. The number of carbonyl (C=O) groups is 1. The number of aliphatic carboxylic acids is 1. The molecule has 6 heteroatoms. The van der Waals surface area contributed by atoms with Crippen LogP contribution in [0.4, 0.5) is 5.69 Å². The van der Waals surface area contributed by atoms with Crippen LogP contribution in [0.3, 0.4) is 0 Å². The number of carboxylic acids is 1. The molecule has 1 atom stereocenters. The van der Waals surface area contributed by atoms with Crippen molar-refractivity contribution < 1.29 is 9.90 Å². The first-order chi connectivity index (χ1) is 10.5. The van der Waals surface area contributed by atoms with E-state index in [0.717, 1.165) is 22.1 Å². The van der Waals surface area contributed by atoms with Crippen LogP contribution in [0.15, 0.2) is 36.4 Å². The molecule has 0 bridgehead atoms. The molecule has 0 aliphatic rings. The highest BCUT2D eigenvalue weighted by atomic mass is 32.2. The number of nitrogens with two attached hydrogens (primary N) is 1. The molecule has 116 valence electrons. The molecule has 2 aromatic rings. The van der Waals surface area contributed by atoms with Crippen LogP contribution < -0.4 is 11.1 Å². The Hall–Kier alpha value is -1.79. The fraction of sp³-hybridized carbons (Fsp3) is 0.250. The zero-order valence-electron chi connectivity index (χ0n) is 12.2. The number of hydrogen-bond acceptors (Lipinski definition) is 4. The lowest BCUT2D eigenvalue weighted by atomic mass is 10.0. The van der Waals surface area contributed by atoms with Crippen molar-refractivity contribution in [1.29, 1.82) is 0 Å². The molecule has 4 N–H and O–H groups in total. The Morgan fingerprint density at radius 3 is 2.82 bits per heavy atom. The van der Waals surface area contributed by atoms with Crippen molar-refractivity contribution in [3.05, 3.63) is 42.0 Å². The van der Waals surface area contributed by atoms with Gasteiger partial charge in [0.1, 0.15) is 11.0 Å². The van der Waals surface area contributed by atoms with Crippen LogP contribution in [0.1, 0.15) is 12.0 Å². The van der Waals surface area contributed by atoms with E-state index >= 15 is 0 Å². The molecule has 4 nitrogen and oxygen atoms in total. The number of thioether (sulfide) groups is 1. The van der Waals surface area contributed by atoms with E-state index in [2.05, 4.69) is 5.32 Å². The SMILES string of the molecule is CSCC[C@H](NC(=S)c1cc(N)cc2ccccc12)C(=O)O. The van der Waals surface area contributed by atoms with Crippen molar-refractivity contribution in [2.75, 3.05) is 17.7 Å². The maximum Gasteiger partial charge on any atom is 0.326 e. The maximum absolute atomic E-state index is 11.3. The second-order valence-corrected chi connectivity index (χ2v) is 6.33. The highest BCUT2D eigenvalue weighted by molar-refractivity contribution is 7.98. The first kappa shape index (κ1) is 16.6. The molecule has 0 heterocycles. The summed E-state index contributed by atoms with van der Waals surface area (Å²) in [5.74, 6) is -0.144. The van der Waals surface area contributed by atoms with Crippen LogP contribution in [0.2, 0.25) is 0 Å². The Morgan fingerprint density at radius 1 is 1.41 bits per heavy atom. The monoisotopic (exact) mass is 334 g/mol. The Bertz CT molecular complexity index is 704. The smallest absolute Gasteiger partial charge is 0.326 e. The molecule has 2 rings (SSSR count). The number of thiocarbonyl (C=S) groups is 1. The van der Waals surface area contributed by atoms with Gasteiger partial charge in [-0.3, -0.25) is 0 Å². The van der Waals surface area contributed by atoms with Crippen molar-refractivity contribution >= 4 is 51.4 Å². The molecule has 0 amide bonds. The topological polar surface area (TPSA) is 75.3 Å². The summed E-state index contributed by atoms with van der Waals surface area (Å²) in [5.41, 5.74) is 7.30. The summed E-state index contributed by atoms with van der Waals surface area (Å²) in [6.07, 6.45) is 2.46. The van der Waals surface area contributed by atoms with Gasteiger partial charge in [0.25, 0.3) is 0 Å². The van der Waals surface area contributed by atoms with E-state index in [9.17, 15) is 9.90 Å². The number of anilines is 1. The van der Waals surface area contributed by atoms with Gasteiger partial charge in [0, 0.05) is 11.3 Å². The second kappa shape index (κ2) is 7.47. The van der Waals surface area contributed by atoms with E-state index in [1.807, 2.05) is 36.6 Å². The van der Waals surface area contributed by atoms with Gasteiger partial charge in [0.05, 0.1) is 0 Å². The number of nitrogen functional groups attached to an aromatic ring is 1. The van der Waals surface area contributed by atoms with Gasteiger partial charge < -0.3 is 16.2 Å². The Kier molecular flexibility index (Phi) is 5.63. The van der Waals surface area contributed by atoms with Crippen LogP contribution in [-0.4, -0.2) is 34.1 Å². The standard InChI is InChI=1S/C16H18N2O2S2/c1-22-7-6-14(16(19)20)18-15(21)13-9-11(17)8-10-4-2-3-5-12(10)13/h2-5,8-9,14H,6-7,17H2,1H3,(H,18,21)(H,19,20)/t14-/m0/s1. The van der Waals surface area contributed by atoms with Gasteiger partial charge in [-0.25, -0.2) is 4.79 Å². The first-order valence-electron chi connectivity index (χ1n) is 6.84. The van der Waals surface area contributed by atoms with E-state index in [1.165, 1.54) is 0 Å². The molecule has 0 fully saturated rings. The average molecular weight is 334 g/mol. The lowest BCUT2D eigenvalue weighted by Gasteiger charge is -2.17. The minimum atomic E-state index is -0.899. The van der Waals surface area contributed by atoms with E-state index < -0.39 is 12.0 Å². The van der Waals surface area contributed by atoms with Gasteiger partial charge in [-0.15, -0.1) is 0 Å². The van der Waals surface area contributed by atoms with E-state index in [-0.39, 0.29) is 0 Å². The molecule has 0 aliphatic heterocycles. The van der Waals surface area contributed by atoms with Crippen LogP contribution in [0, 0.1) is 0 Å². The fourth-order valence-electron chi connectivity index (χ4n) is 2.25. The Labute approximate surface area is 139 Å². The summed E-state index contributed by atoms with van der Waals surface area (Å²) < 4.78 is 0. The zero-order chi connectivity index (χ0) is 16.1. The van der Waals surface area contributed by atoms with Crippen molar-refractivity contribution in [2.45, 2.75) is 12.5 Å². The van der Waals surface area contributed by atoms with Crippen LogP contribution in [-0.2, 0) is 4.79 Å². The molecular weight excluding hydrogens is 316 g/mol. The first-order valence-corrected chi connectivity index (χ1v) is 8.64. The molecule has 22 heavy (non-hydrogen) atoms. The Balaban J connectivity index is 2.30. The molecular formula is C16H18N2O2S2. The zero-order valence-corrected chi connectivity index (χ0v) is 13.8. The van der Waals surface area contributed by atoms with Gasteiger partial charge in [-0.2, -0.15) is 11.8 Å². The second-order valence-electron chi connectivity index (χ2n) is 4.94. The third-order valence-corrected chi connectivity index (χ3v) is 4.32. The third kappa shape index (κ3) is 3.90. The summed E-state index contributed by atoms with van der Waals surface area (Å²) >= 11 is 7.03. The predicted molar refractivity (Wildman–Crippen MR) is 97.6 cm³/mol. The largest absolute Gasteiger partial charge is 0.480 e. The van der Waals surface area contributed by atoms with Gasteiger partial charge in [-0.1, -0.05) is 36.5 Å². The summed E-state index contributed by atoms with van der Waals surface area (Å²) in [6.45, 7) is 0. The number of carboxylic acid groups (broad SMARTS) is 1. The average Bonchev–Trinajstić information content (AvgIpc) is 2.49. The Morgan fingerprint density at radius 2 is 2.14 bits per heavy atom. The summed E-state index contributed by atoms with van der Waals surface area (Å²) in [6, 6.07) is 10.7. The molecule has 2 aromatic carbocycles. The minimum absolute atomic E-state index is 0.414. The number of fused-ring (bicyclic) bond motifs is 1. The molecule has 0 aromatic heterocycles. The normalized spacial score (nSPS) is 12.0. The van der Waals surface area contributed by atoms with Crippen molar-refractivity contribution in [2.24, 2.45) is 0 Å². The molecule has 0 unspecified atom stereocenters. The lowest BCUT2D eigenvalue weighted by molar-refractivity contribution is -0.139. The third-order valence-electron chi connectivity index (χ3n) is 3.34. The number of nitrogens with one attached hydrogen (secondary N) is 1. The van der Waals surface area contributed by atoms with E-state index in [0.29, 0.717) is 17.1 Å². The quantitative estimate of drug-likeness (QED) is 0.557. The summed E-state index contributed by atoms with van der Waals surface area (Å²) in [7, 11) is 0. The van der Waals surface area contributed by atoms with E-state index in [1.54, 1.807) is 17.8 Å². The number of benzene rings is 2. The minimum Gasteiger partial charge on any atom is -0.480 e. The number of hydrogen-bond donors (Lipinski definition) is 3. The summed E-state index contributed by atoms with van der Waals surface area (Å²) in [4.78, 5) is 11.8. The fourth-order valence-corrected chi connectivity index (χ4v) is 3.03. The van der Waals surface area contributed by atoms with Gasteiger partial charge >= 0.3 is 5.97 Å². The molecule has 0 saturated heterocycles. The van der Waals surface area contributed by atoms with Gasteiger partial charge in [-0.05, 0) is 41.3 Å². The lowest BCUT2D eigenvalue weighted by Crippen LogP contribution is -2.40. The number of rotatable bonds is 6. The van der Waals surface area contributed by atoms with Crippen LogP contribution in [0.5, 0.6) is 0 Å². The van der Waals surface area contributed by atoms with Crippen molar-refractivity contribution in [1.82, 2.24) is 5.32 Å². The molecule has 0 spiro atoms. The summed E-state index contributed by atoms with van der Waals surface area (Å²) in [5, 5.41) is 14.2. The van der Waals surface area contributed by atoms with Gasteiger partial charge in [0.15, 0.2) is 0 Å². The van der Waals surface area contributed by atoms with E-state index in [4.69, 9.17) is 18.0 Å². The molecule has 0 radical (unpaired) electrons.